The van der Waals surface area contributed by atoms with Crippen molar-refractivity contribution < 1.29 is 35.3 Å². The number of alkyl halides is 3. The van der Waals surface area contributed by atoms with Crippen molar-refractivity contribution in [2.75, 3.05) is 7.11 Å². The first-order valence-electron chi connectivity index (χ1n) is 9.55. The van der Waals surface area contributed by atoms with Gasteiger partial charge in [0.15, 0.2) is 5.75 Å². The number of ether oxygens (including phenoxy) is 1. The molecule has 0 aliphatic heterocycles. The van der Waals surface area contributed by atoms with Crippen LogP contribution in [-0.2, 0) is 14.9 Å². The molecule has 0 amide bonds. The summed E-state index contributed by atoms with van der Waals surface area (Å²) in [6.45, 7) is 3.63. The number of carbonyl (C=O) groups is 1. The molecule has 0 heterocycles. The van der Waals surface area contributed by atoms with Gasteiger partial charge in [-0.25, -0.2) is 4.79 Å². The van der Waals surface area contributed by atoms with Crippen LogP contribution in [0, 0.1) is 17.4 Å². The number of benzene rings is 4. The highest BCUT2D eigenvalue weighted by Gasteiger charge is 2.49. The van der Waals surface area contributed by atoms with Crippen molar-refractivity contribution in [1.29, 1.82) is 0 Å². The lowest BCUT2D eigenvalue weighted by Gasteiger charge is -2.19. The lowest BCUT2D eigenvalue weighted by atomic mass is 9.89. The maximum Gasteiger partial charge on any atom is 0.534 e. The molecule has 4 rings (SSSR count). The number of hydrogen-bond acceptors (Lipinski definition) is 5. The molecule has 0 saturated carbocycles. The minimum absolute atomic E-state index is 0.129. The van der Waals surface area contributed by atoms with Crippen molar-refractivity contribution >= 4 is 71.0 Å². The van der Waals surface area contributed by atoms with Gasteiger partial charge < -0.3 is 8.92 Å². The Bertz CT molecular complexity index is 1580. The van der Waals surface area contributed by atoms with E-state index in [9.17, 15) is 26.4 Å². The quantitative estimate of drug-likeness (QED) is 0.0914. The largest absolute Gasteiger partial charge is 0.534 e. The van der Waals surface area contributed by atoms with Gasteiger partial charge in [-0.2, -0.15) is 21.6 Å². The molecule has 10 heteroatoms. The molecule has 4 aromatic carbocycles. The Labute approximate surface area is 200 Å². The molecule has 0 spiro atoms. The zero-order chi connectivity index (χ0) is 24.3. The van der Waals surface area contributed by atoms with Crippen LogP contribution in [0.2, 0.25) is 0 Å². The molecule has 0 atom stereocenters. The summed E-state index contributed by atoms with van der Waals surface area (Å²) in [4.78, 5) is 12.6. The highest BCUT2D eigenvalue weighted by atomic mass is 127. The Morgan fingerprint density at radius 1 is 0.909 bits per heavy atom. The van der Waals surface area contributed by atoms with Crippen LogP contribution >= 0.6 is 22.6 Å². The molecule has 0 aliphatic carbocycles. The predicted octanol–water partition coefficient (Wildman–Crippen LogP) is 6.38. The van der Waals surface area contributed by atoms with Gasteiger partial charge >= 0.3 is 21.6 Å². The van der Waals surface area contributed by atoms with Crippen molar-refractivity contribution in [1.82, 2.24) is 0 Å². The Morgan fingerprint density at radius 3 is 2.00 bits per heavy atom. The van der Waals surface area contributed by atoms with Crippen LogP contribution in [0.15, 0.2) is 42.5 Å². The summed E-state index contributed by atoms with van der Waals surface area (Å²) < 4.78 is 73.0. The number of aryl methyl sites for hydroxylation is 2. The maximum absolute atomic E-state index is 13.1. The molecule has 0 radical (unpaired) electrons. The van der Waals surface area contributed by atoms with Gasteiger partial charge in [-0.1, -0.05) is 36.4 Å². The first kappa shape index (κ1) is 23.6. The standard InChI is InChI=1S/C23H16F3IO5S/c1-11-6-4-8-13-15(22(28)31-3)10-16-19(17(11)13)18-12(2)7-5-9-14(18)21(20(16)27)32-33(29,30)23(24,25)26/h4-10H,1-3H3. The number of fused-ring (bicyclic) bond motifs is 5. The zero-order valence-electron chi connectivity index (χ0n) is 17.5. The fourth-order valence-corrected chi connectivity index (χ4v) is 5.49. The number of methoxy groups -OCH3 is 1. The van der Waals surface area contributed by atoms with Gasteiger partial charge in [0.25, 0.3) is 0 Å². The van der Waals surface area contributed by atoms with Gasteiger partial charge in [0.2, 0.25) is 0 Å². The molecular formula is C23H16F3IO5S. The summed E-state index contributed by atoms with van der Waals surface area (Å²) in [5.41, 5.74) is -3.85. The van der Waals surface area contributed by atoms with Crippen molar-refractivity contribution in [3.05, 3.63) is 62.7 Å². The SMILES string of the molecule is COC(=O)c1cc2c(I)c(OS(=O)(=O)C(F)(F)F)c3cccc(C)c3c2c2c(C)cccc12. The second-order valence-corrected chi connectivity index (χ2v) is 10.1. The lowest BCUT2D eigenvalue weighted by Crippen LogP contribution is -2.28. The summed E-state index contributed by atoms with van der Waals surface area (Å²) in [6, 6.07) is 11.8. The van der Waals surface area contributed by atoms with Crippen molar-refractivity contribution in [3.8, 4) is 5.75 Å². The van der Waals surface area contributed by atoms with Crippen LogP contribution in [0.4, 0.5) is 13.2 Å². The third kappa shape index (κ3) is 3.68. The molecule has 4 aromatic rings. The smallest absolute Gasteiger partial charge is 0.465 e. The van der Waals surface area contributed by atoms with E-state index >= 15 is 0 Å². The topological polar surface area (TPSA) is 69.7 Å². The molecule has 172 valence electrons. The number of halogens is 4. The van der Waals surface area contributed by atoms with E-state index in [-0.39, 0.29) is 14.5 Å². The third-order valence-electron chi connectivity index (χ3n) is 5.46. The highest BCUT2D eigenvalue weighted by molar-refractivity contribution is 14.1. The van der Waals surface area contributed by atoms with Crippen molar-refractivity contribution in [2.45, 2.75) is 19.4 Å². The van der Waals surface area contributed by atoms with Crippen molar-refractivity contribution in [3.63, 3.8) is 0 Å². The van der Waals surface area contributed by atoms with E-state index in [1.165, 1.54) is 19.2 Å². The summed E-state index contributed by atoms with van der Waals surface area (Å²) in [7, 11) is -4.69. The molecule has 0 unspecified atom stereocenters. The number of hydrogen-bond donors (Lipinski definition) is 0. The average molecular weight is 588 g/mol. The Balaban J connectivity index is 2.30. The number of esters is 1. The number of carbonyl (C=O) groups excluding carboxylic acids is 1. The van der Waals surface area contributed by atoms with Gasteiger partial charge in [-0.05, 0) is 75.2 Å². The van der Waals surface area contributed by atoms with Gasteiger partial charge in [0.05, 0.1) is 16.2 Å². The summed E-state index contributed by atoms with van der Waals surface area (Å²) >= 11 is 1.75. The Hall–Kier alpha value is -2.60. The highest BCUT2D eigenvalue weighted by Crippen LogP contribution is 2.46. The second kappa shape index (κ2) is 8.01. The molecule has 33 heavy (non-hydrogen) atoms. The van der Waals surface area contributed by atoms with Crippen molar-refractivity contribution in [2.24, 2.45) is 0 Å². The van der Waals surface area contributed by atoms with Gasteiger partial charge in [-0.15, -0.1) is 0 Å². The average Bonchev–Trinajstić information content (AvgIpc) is 2.74. The Kier molecular flexibility index (Phi) is 5.72. The molecule has 0 N–H and O–H groups in total. The van der Waals surface area contributed by atoms with Gasteiger partial charge in [0, 0.05) is 10.8 Å². The zero-order valence-corrected chi connectivity index (χ0v) is 20.5. The third-order valence-corrected chi connectivity index (χ3v) is 7.48. The van der Waals surface area contributed by atoms with Gasteiger partial charge in [-0.3, -0.25) is 0 Å². The maximum atomic E-state index is 13.1. The molecule has 0 bridgehead atoms. The Morgan fingerprint density at radius 2 is 1.45 bits per heavy atom. The molecular weight excluding hydrogens is 572 g/mol. The monoisotopic (exact) mass is 588 g/mol. The van der Waals surface area contributed by atoms with Crippen LogP contribution in [-0.4, -0.2) is 27.0 Å². The predicted molar refractivity (Wildman–Crippen MR) is 128 cm³/mol. The molecule has 0 aliphatic rings. The molecule has 0 fully saturated rings. The van der Waals surface area contributed by atoms with E-state index in [4.69, 9.17) is 4.74 Å². The molecule has 5 nitrogen and oxygen atoms in total. The lowest BCUT2D eigenvalue weighted by molar-refractivity contribution is -0.0499. The molecule has 0 aromatic heterocycles. The summed E-state index contributed by atoms with van der Waals surface area (Å²) in [6.07, 6.45) is 0. The van der Waals surface area contributed by atoms with E-state index in [0.29, 0.717) is 27.1 Å². The van der Waals surface area contributed by atoms with Crippen LogP contribution in [0.1, 0.15) is 21.5 Å². The van der Waals surface area contributed by atoms with E-state index < -0.39 is 27.3 Å². The fraction of sp³-hybridized carbons (Fsp3) is 0.174. The molecule has 0 saturated heterocycles. The van der Waals surface area contributed by atoms with Crippen LogP contribution in [0.5, 0.6) is 5.75 Å². The van der Waals surface area contributed by atoms with E-state index in [0.717, 1.165) is 10.9 Å². The van der Waals surface area contributed by atoms with E-state index in [1.54, 1.807) is 53.8 Å². The normalized spacial score (nSPS) is 12.5. The summed E-state index contributed by atoms with van der Waals surface area (Å²) in [5.74, 6) is -1.07. The van der Waals surface area contributed by atoms with E-state index in [1.807, 2.05) is 13.0 Å². The minimum Gasteiger partial charge on any atom is -0.465 e. The van der Waals surface area contributed by atoms with Crippen LogP contribution in [0.3, 0.4) is 0 Å². The van der Waals surface area contributed by atoms with E-state index in [2.05, 4.69) is 4.18 Å². The second-order valence-electron chi connectivity index (χ2n) is 7.46. The number of rotatable bonds is 3. The first-order chi connectivity index (χ1) is 15.4. The summed E-state index contributed by atoms with van der Waals surface area (Å²) in [5, 5.41) is 3.16. The van der Waals surface area contributed by atoms with Gasteiger partial charge in [0.1, 0.15) is 0 Å². The first-order valence-corrected chi connectivity index (χ1v) is 12.0. The van der Waals surface area contributed by atoms with Crippen LogP contribution < -0.4 is 4.18 Å². The van der Waals surface area contributed by atoms with Crippen LogP contribution in [0.25, 0.3) is 32.3 Å². The fourth-order valence-electron chi connectivity index (χ4n) is 4.03. The minimum atomic E-state index is -5.92.